The van der Waals surface area contributed by atoms with Gasteiger partial charge >= 0.3 is 12.1 Å². The fraction of sp³-hybridized carbons (Fsp3) is 0.409. The van der Waals surface area contributed by atoms with E-state index in [4.69, 9.17) is 22.1 Å². The first-order valence-corrected chi connectivity index (χ1v) is 10.6. The van der Waals surface area contributed by atoms with Crippen LogP contribution >= 0.6 is 11.6 Å². The van der Waals surface area contributed by atoms with E-state index in [0.717, 1.165) is 5.69 Å². The van der Waals surface area contributed by atoms with Crippen LogP contribution in [0.3, 0.4) is 0 Å². The van der Waals surface area contributed by atoms with Gasteiger partial charge in [-0.1, -0.05) is 17.7 Å². The second-order valence-electron chi connectivity index (χ2n) is 8.55. The number of amides is 1. The fourth-order valence-corrected chi connectivity index (χ4v) is 3.74. The van der Waals surface area contributed by atoms with Gasteiger partial charge in [0.15, 0.2) is 0 Å². The summed E-state index contributed by atoms with van der Waals surface area (Å²) >= 11 is 6.12. The Labute approximate surface area is 192 Å². The van der Waals surface area contributed by atoms with E-state index >= 15 is 0 Å². The van der Waals surface area contributed by atoms with Gasteiger partial charge in [0.05, 0.1) is 28.3 Å². The number of hydrogen-bond donors (Lipinski definition) is 2. The number of carboxylic acids is 1. The summed E-state index contributed by atoms with van der Waals surface area (Å²) in [6.07, 6.45) is 1.25. The van der Waals surface area contributed by atoms with Crippen LogP contribution in [-0.4, -0.2) is 65.9 Å². The third kappa shape index (κ3) is 5.16. The number of ether oxygens (including phenoxy) is 1. The zero-order valence-electron chi connectivity index (χ0n) is 18.6. The average molecular weight is 462 g/mol. The number of nitrogens with zero attached hydrogens (tertiary/aromatic N) is 4. The van der Waals surface area contributed by atoms with Gasteiger partial charge in [-0.3, -0.25) is 0 Å². The minimum absolute atomic E-state index is 0.0148. The Balaban J connectivity index is 1.80. The number of rotatable bonds is 4. The van der Waals surface area contributed by atoms with Gasteiger partial charge in [0.1, 0.15) is 17.0 Å². The molecule has 0 saturated carbocycles. The molecule has 1 aliphatic rings. The first-order chi connectivity index (χ1) is 15.0. The molecular formula is C22H28ClN5O4. The van der Waals surface area contributed by atoms with Gasteiger partial charge in [-0.15, -0.1) is 0 Å². The Hall–Kier alpha value is -3.20. The Kier molecular flexibility index (Phi) is 6.68. The Bertz CT molecular complexity index is 1020. The van der Waals surface area contributed by atoms with Crippen LogP contribution in [0.25, 0.3) is 0 Å². The first-order valence-electron chi connectivity index (χ1n) is 10.2. The van der Waals surface area contributed by atoms with Crippen molar-refractivity contribution in [1.82, 2.24) is 9.88 Å². The van der Waals surface area contributed by atoms with Crippen molar-refractivity contribution in [2.45, 2.75) is 26.4 Å². The number of carboxylic acid groups (broad SMARTS) is 1. The van der Waals surface area contributed by atoms with Crippen molar-refractivity contribution >= 4 is 46.5 Å². The van der Waals surface area contributed by atoms with Gasteiger partial charge in [0, 0.05) is 33.2 Å². The molecule has 0 aliphatic carbocycles. The van der Waals surface area contributed by atoms with E-state index in [-0.39, 0.29) is 16.7 Å². The molecular weight excluding hydrogens is 434 g/mol. The van der Waals surface area contributed by atoms with E-state index in [1.165, 1.54) is 0 Å². The Morgan fingerprint density at radius 2 is 1.88 bits per heavy atom. The molecule has 1 aromatic carbocycles. The van der Waals surface area contributed by atoms with E-state index in [0.29, 0.717) is 43.4 Å². The van der Waals surface area contributed by atoms with Gasteiger partial charge < -0.3 is 30.3 Å². The predicted octanol–water partition coefficient (Wildman–Crippen LogP) is 3.84. The van der Waals surface area contributed by atoms with E-state index in [1.54, 1.807) is 41.2 Å². The molecule has 0 atom stereocenters. The van der Waals surface area contributed by atoms with E-state index in [9.17, 15) is 14.7 Å². The third-order valence-corrected chi connectivity index (χ3v) is 5.42. The summed E-state index contributed by atoms with van der Waals surface area (Å²) in [5.41, 5.74) is 7.44. The summed E-state index contributed by atoms with van der Waals surface area (Å²) in [6, 6.07) is 6.78. The van der Waals surface area contributed by atoms with Crippen molar-refractivity contribution < 1.29 is 19.4 Å². The smallest absolute Gasteiger partial charge is 0.410 e. The third-order valence-electron chi connectivity index (χ3n) is 5.11. The highest BCUT2D eigenvalue weighted by Gasteiger charge is 2.27. The number of piperazine rings is 1. The number of aromatic carboxylic acids is 1. The van der Waals surface area contributed by atoms with Crippen LogP contribution in [0.5, 0.6) is 0 Å². The summed E-state index contributed by atoms with van der Waals surface area (Å²) in [6.45, 7) is 7.63. The Morgan fingerprint density at radius 3 is 2.47 bits per heavy atom. The molecule has 1 saturated heterocycles. The highest BCUT2D eigenvalue weighted by atomic mass is 35.5. The minimum atomic E-state index is -1.11. The van der Waals surface area contributed by atoms with E-state index in [1.807, 2.05) is 26.8 Å². The van der Waals surface area contributed by atoms with Crippen LogP contribution < -0.4 is 15.5 Å². The standard InChI is InChI=1S/C22H28ClN5O4/c1-22(2,3)32-21(31)28-10-8-27(9-11-28)17-12-14(13-25-19(17)24)26(4)16-7-5-6-15(23)18(16)20(29)30/h5-7,12-13H,8-11H2,1-4H3,(H2,24,25)(H,29,30). The number of nitrogens with two attached hydrogens (primary N) is 1. The molecule has 1 aromatic heterocycles. The normalized spacial score (nSPS) is 14.3. The maximum absolute atomic E-state index is 12.3. The number of halogens is 1. The molecule has 2 heterocycles. The first kappa shape index (κ1) is 23.5. The zero-order valence-corrected chi connectivity index (χ0v) is 19.4. The summed E-state index contributed by atoms with van der Waals surface area (Å²) in [7, 11) is 1.75. The van der Waals surface area contributed by atoms with Gasteiger partial charge in [0.2, 0.25) is 0 Å². The fourth-order valence-electron chi connectivity index (χ4n) is 3.49. The van der Waals surface area contributed by atoms with E-state index in [2.05, 4.69) is 9.88 Å². The molecule has 3 N–H and O–H groups in total. The van der Waals surface area contributed by atoms with Crippen molar-refractivity contribution in [2.24, 2.45) is 0 Å². The molecule has 1 amide bonds. The van der Waals surface area contributed by atoms with Crippen molar-refractivity contribution in [3.05, 3.63) is 41.0 Å². The molecule has 172 valence electrons. The average Bonchev–Trinajstić information content (AvgIpc) is 2.72. The van der Waals surface area contributed by atoms with Crippen molar-refractivity contribution in [3.63, 3.8) is 0 Å². The Morgan fingerprint density at radius 1 is 1.22 bits per heavy atom. The van der Waals surface area contributed by atoms with E-state index < -0.39 is 11.6 Å². The molecule has 10 heteroatoms. The second kappa shape index (κ2) is 9.12. The summed E-state index contributed by atoms with van der Waals surface area (Å²) in [5, 5.41) is 9.74. The molecule has 3 rings (SSSR count). The molecule has 0 bridgehead atoms. The predicted molar refractivity (Wildman–Crippen MR) is 125 cm³/mol. The lowest BCUT2D eigenvalue weighted by Crippen LogP contribution is -2.50. The number of nitrogen functional groups attached to an aromatic ring is 1. The zero-order chi connectivity index (χ0) is 23.6. The molecule has 0 radical (unpaired) electrons. The van der Waals surface area contributed by atoms with Gasteiger partial charge in [0.25, 0.3) is 0 Å². The second-order valence-corrected chi connectivity index (χ2v) is 8.96. The van der Waals surface area contributed by atoms with Crippen LogP contribution in [-0.2, 0) is 4.74 Å². The molecule has 1 aliphatic heterocycles. The van der Waals surface area contributed by atoms with Crippen LogP contribution in [0.15, 0.2) is 30.5 Å². The number of pyridine rings is 1. The largest absolute Gasteiger partial charge is 0.478 e. The van der Waals surface area contributed by atoms with Gasteiger partial charge in [-0.25, -0.2) is 14.6 Å². The topological polar surface area (TPSA) is 112 Å². The molecule has 0 unspecified atom stereocenters. The lowest BCUT2D eigenvalue weighted by molar-refractivity contribution is 0.0240. The summed E-state index contributed by atoms with van der Waals surface area (Å²) in [5.74, 6) is -0.753. The summed E-state index contributed by atoms with van der Waals surface area (Å²) < 4.78 is 5.45. The van der Waals surface area contributed by atoms with Crippen molar-refractivity contribution in [1.29, 1.82) is 0 Å². The molecule has 9 nitrogen and oxygen atoms in total. The number of benzene rings is 1. The van der Waals surface area contributed by atoms with Gasteiger partial charge in [-0.2, -0.15) is 0 Å². The maximum Gasteiger partial charge on any atom is 0.410 e. The molecule has 1 fully saturated rings. The molecule has 0 spiro atoms. The number of hydrogen-bond acceptors (Lipinski definition) is 7. The van der Waals surface area contributed by atoms with Crippen molar-refractivity contribution in [3.8, 4) is 0 Å². The minimum Gasteiger partial charge on any atom is -0.478 e. The highest BCUT2D eigenvalue weighted by Crippen LogP contribution is 2.34. The lowest BCUT2D eigenvalue weighted by atomic mass is 10.1. The molecule has 32 heavy (non-hydrogen) atoms. The number of anilines is 4. The van der Waals surface area contributed by atoms with Crippen LogP contribution in [0.2, 0.25) is 5.02 Å². The number of carbonyl (C=O) groups is 2. The monoisotopic (exact) mass is 461 g/mol. The summed E-state index contributed by atoms with van der Waals surface area (Å²) in [4.78, 5) is 33.8. The highest BCUT2D eigenvalue weighted by molar-refractivity contribution is 6.34. The maximum atomic E-state index is 12.3. The SMILES string of the molecule is CN(c1cnc(N)c(N2CCN(C(=O)OC(C)(C)C)CC2)c1)c1cccc(Cl)c1C(=O)O. The quantitative estimate of drug-likeness (QED) is 0.706. The van der Waals surface area contributed by atoms with Crippen molar-refractivity contribution in [2.75, 3.05) is 48.8 Å². The molecule has 2 aromatic rings. The van der Waals surface area contributed by atoms with Crippen LogP contribution in [0.4, 0.5) is 27.7 Å². The van der Waals surface area contributed by atoms with Crippen LogP contribution in [0, 0.1) is 0 Å². The van der Waals surface area contributed by atoms with Gasteiger partial charge in [-0.05, 0) is 39.0 Å². The number of carbonyl (C=O) groups excluding carboxylic acids is 1. The van der Waals surface area contributed by atoms with Crippen LogP contribution in [0.1, 0.15) is 31.1 Å². The lowest BCUT2D eigenvalue weighted by Gasteiger charge is -2.37. The number of aromatic nitrogens is 1.